The fraction of sp³-hybridized carbons (Fsp3) is 0.562. The van der Waals surface area contributed by atoms with E-state index in [-0.39, 0.29) is 5.92 Å². The maximum Gasteiger partial charge on any atom is 0.231 e. The third kappa shape index (κ3) is 1.32. The van der Waals surface area contributed by atoms with Gasteiger partial charge in [-0.3, -0.25) is 9.69 Å². The molecule has 5 rings (SSSR count). The highest BCUT2D eigenvalue weighted by molar-refractivity contribution is 5.88. The van der Waals surface area contributed by atoms with E-state index in [0.717, 1.165) is 37.4 Å². The smallest absolute Gasteiger partial charge is 0.231 e. The monoisotopic (exact) mass is 271 g/mol. The minimum absolute atomic E-state index is 0.0644. The van der Waals surface area contributed by atoms with Gasteiger partial charge in [0.2, 0.25) is 6.79 Å². The van der Waals surface area contributed by atoms with E-state index in [1.165, 1.54) is 17.5 Å². The van der Waals surface area contributed by atoms with Crippen LogP contribution in [0.3, 0.4) is 0 Å². The summed E-state index contributed by atoms with van der Waals surface area (Å²) in [4.78, 5) is 15.0. The summed E-state index contributed by atoms with van der Waals surface area (Å²) in [5, 5.41) is 0. The van der Waals surface area contributed by atoms with Crippen LogP contribution in [0.15, 0.2) is 12.1 Å². The number of carbonyl (C=O) groups excluding carboxylic acids is 1. The Kier molecular flexibility index (Phi) is 2.09. The van der Waals surface area contributed by atoms with E-state index < -0.39 is 0 Å². The van der Waals surface area contributed by atoms with Crippen molar-refractivity contribution in [2.45, 2.75) is 37.8 Å². The summed E-state index contributed by atoms with van der Waals surface area (Å²) in [6.45, 7) is 2.39. The molecule has 1 aromatic rings. The van der Waals surface area contributed by atoms with Crippen LogP contribution in [0.25, 0.3) is 0 Å². The lowest BCUT2D eigenvalue weighted by molar-refractivity contribution is -0.125. The van der Waals surface area contributed by atoms with Gasteiger partial charge in [-0.1, -0.05) is 0 Å². The highest BCUT2D eigenvalue weighted by Gasteiger charge is 2.49. The van der Waals surface area contributed by atoms with Gasteiger partial charge in [0, 0.05) is 19.0 Å². The Morgan fingerprint density at radius 2 is 2.00 bits per heavy atom. The van der Waals surface area contributed by atoms with E-state index in [1.807, 2.05) is 0 Å². The first-order chi connectivity index (χ1) is 9.81. The fourth-order valence-corrected chi connectivity index (χ4v) is 4.61. The molecule has 0 spiro atoms. The first-order valence-corrected chi connectivity index (χ1v) is 7.50. The van der Waals surface area contributed by atoms with Gasteiger partial charge in [0.25, 0.3) is 0 Å². The number of hydrogen-bond donors (Lipinski definition) is 0. The number of Topliss-reactive ketones (excluding diaryl/α,β-unsaturated/α-hetero) is 1. The molecule has 0 N–H and O–H groups in total. The zero-order valence-electron chi connectivity index (χ0n) is 11.3. The van der Waals surface area contributed by atoms with E-state index in [2.05, 4.69) is 17.0 Å². The predicted octanol–water partition coefficient (Wildman–Crippen LogP) is 2.07. The fourth-order valence-electron chi connectivity index (χ4n) is 4.61. The van der Waals surface area contributed by atoms with Crippen molar-refractivity contribution in [1.82, 2.24) is 4.90 Å². The van der Waals surface area contributed by atoms with Crippen LogP contribution in [0.4, 0.5) is 0 Å². The number of hydrogen-bond acceptors (Lipinski definition) is 4. The first-order valence-electron chi connectivity index (χ1n) is 7.50. The number of nitrogens with zero attached hydrogens (tertiary/aromatic N) is 1. The second kappa shape index (κ2) is 3.76. The van der Waals surface area contributed by atoms with Gasteiger partial charge in [0.1, 0.15) is 5.78 Å². The predicted molar refractivity (Wildman–Crippen MR) is 71.9 cm³/mol. The quantitative estimate of drug-likeness (QED) is 0.724. The molecular formula is C16H17NO3. The van der Waals surface area contributed by atoms with E-state index in [9.17, 15) is 4.79 Å². The second-order valence-electron chi connectivity index (χ2n) is 6.40. The van der Waals surface area contributed by atoms with Gasteiger partial charge in [-0.15, -0.1) is 0 Å². The zero-order valence-corrected chi connectivity index (χ0v) is 11.3. The Labute approximate surface area is 117 Å². The van der Waals surface area contributed by atoms with Gasteiger partial charge in [0.05, 0.1) is 5.92 Å². The van der Waals surface area contributed by atoms with Crippen molar-refractivity contribution in [2.24, 2.45) is 5.92 Å². The molecular weight excluding hydrogens is 254 g/mol. The number of carbonyl (C=O) groups is 1. The second-order valence-corrected chi connectivity index (χ2v) is 6.40. The van der Waals surface area contributed by atoms with Crippen LogP contribution in [0.2, 0.25) is 0 Å². The van der Waals surface area contributed by atoms with Crippen LogP contribution in [0.1, 0.15) is 36.3 Å². The summed E-state index contributed by atoms with van der Waals surface area (Å²) in [7, 11) is 0. The standard InChI is InChI=1S/C16H17NO3/c18-12-2-1-9-3-4-17-7-10-5-13-14(20-8-19-13)6-11(10)15(12)16(9)17/h5-6,9,15-16H,1-4,7-8H2/t9-,15-,16+/m0/s1. The van der Waals surface area contributed by atoms with Gasteiger partial charge in [-0.05, 0) is 48.6 Å². The lowest BCUT2D eigenvalue weighted by atomic mass is 9.70. The van der Waals surface area contributed by atoms with Crippen molar-refractivity contribution in [2.75, 3.05) is 13.3 Å². The van der Waals surface area contributed by atoms with Crippen LogP contribution in [0.5, 0.6) is 11.5 Å². The molecule has 1 aliphatic carbocycles. The molecule has 0 bridgehead atoms. The minimum Gasteiger partial charge on any atom is -0.454 e. The van der Waals surface area contributed by atoms with Gasteiger partial charge in [-0.25, -0.2) is 0 Å². The Bertz CT molecular complexity index is 612. The lowest BCUT2D eigenvalue weighted by Gasteiger charge is -2.42. The van der Waals surface area contributed by atoms with E-state index in [4.69, 9.17) is 9.47 Å². The highest BCUT2D eigenvalue weighted by atomic mass is 16.7. The van der Waals surface area contributed by atoms with E-state index in [1.54, 1.807) is 0 Å². The molecule has 0 aromatic heterocycles. The summed E-state index contributed by atoms with van der Waals surface area (Å²) in [5.74, 6) is 2.83. The van der Waals surface area contributed by atoms with Crippen LogP contribution in [0, 0.1) is 5.92 Å². The summed E-state index contributed by atoms with van der Waals surface area (Å²) in [6, 6.07) is 4.59. The maximum atomic E-state index is 12.5. The molecule has 4 heteroatoms. The molecule has 1 saturated carbocycles. The molecule has 4 nitrogen and oxygen atoms in total. The Balaban J connectivity index is 1.68. The van der Waals surface area contributed by atoms with Crippen molar-refractivity contribution in [3.63, 3.8) is 0 Å². The summed E-state index contributed by atoms with van der Waals surface area (Å²) in [6.07, 6.45) is 3.07. The van der Waals surface area contributed by atoms with Crippen molar-refractivity contribution < 1.29 is 14.3 Å². The Hall–Kier alpha value is -1.55. The van der Waals surface area contributed by atoms with Crippen molar-refractivity contribution >= 4 is 5.78 Å². The molecule has 0 amide bonds. The molecule has 0 radical (unpaired) electrons. The number of benzene rings is 1. The number of fused-ring (bicyclic) bond motifs is 3. The van der Waals surface area contributed by atoms with Crippen molar-refractivity contribution in [3.05, 3.63) is 23.3 Å². The summed E-state index contributed by atoms with van der Waals surface area (Å²) < 4.78 is 11.0. The number of ketones is 1. The van der Waals surface area contributed by atoms with Gasteiger partial charge in [0.15, 0.2) is 11.5 Å². The molecule has 104 valence electrons. The molecule has 3 aliphatic heterocycles. The third-order valence-corrected chi connectivity index (χ3v) is 5.48. The van der Waals surface area contributed by atoms with E-state index >= 15 is 0 Å². The van der Waals surface area contributed by atoms with E-state index in [0.29, 0.717) is 24.5 Å². The average molecular weight is 271 g/mol. The molecule has 0 unspecified atom stereocenters. The normalized spacial score (nSPS) is 34.0. The van der Waals surface area contributed by atoms with Gasteiger partial charge >= 0.3 is 0 Å². The average Bonchev–Trinajstić information content (AvgIpc) is 3.06. The molecule has 3 heterocycles. The summed E-state index contributed by atoms with van der Waals surface area (Å²) >= 11 is 0. The third-order valence-electron chi connectivity index (χ3n) is 5.48. The Morgan fingerprint density at radius 1 is 1.15 bits per heavy atom. The molecule has 4 aliphatic rings. The molecule has 2 fully saturated rings. The maximum absolute atomic E-state index is 12.5. The van der Waals surface area contributed by atoms with Crippen LogP contribution < -0.4 is 9.47 Å². The van der Waals surface area contributed by atoms with Gasteiger partial charge < -0.3 is 9.47 Å². The topological polar surface area (TPSA) is 38.8 Å². The molecule has 1 aromatic carbocycles. The highest BCUT2D eigenvalue weighted by Crippen LogP contribution is 2.49. The zero-order chi connectivity index (χ0) is 13.3. The molecule has 3 atom stereocenters. The SMILES string of the molecule is O=C1CC[C@H]2CCN3Cc4cc5c(cc4[C@@H]1[C@@H]23)OCO5. The van der Waals surface area contributed by atoms with Crippen LogP contribution >= 0.6 is 0 Å². The van der Waals surface area contributed by atoms with Crippen molar-refractivity contribution in [1.29, 1.82) is 0 Å². The largest absolute Gasteiger partial charge is 0.454 e. The molecule has 1 saturated heterocycles. The Morgan fingerprint density at radius 3 is 2.90 bits per heavy atom. The van der Waals surface area contributed by atoms with Crippen LogP contribution in [-0.4, -0.2) is 30.1 Å². The number of rotatable bonds is 0. The lowest BCUT2D eigenvalue weighted by Crippen LogP contribution is -2.47. The first kappa shape index (κ1) is 11.1. The van der Waals surface area contributed by atoms with Crippen LogP contribution in [-0.2, 0) is 11.3 Å². The van der Waals surface area contributed by atoms with Gasteiger partial charge in [-0.2, -0.15) is 0 Å². The number of ether oxygens (including phenoxy) is 2. The summed E-state index contributed by atoms with van der Waals surface area (Å²) in [5.41, 5.74) is 2.46. The van der Waals surface area contributed by atoms with Crippen molar-refractivity contribution in [3.8, 4) is 11.5 Å². The minimum atomic E-state index is 0.0644. The molecule has 20 heavy (non-hydrogen) atoms.